The Hall–Kier alpha value is -2.57. The van der Waals surface area contributed by atoms with Crippen molar-refractivity contribution in [3.05, 3.63) is 64.3 Å². The van der Waals surface area contributed by atoms with Crippen LogP contribution in [-0.2, 0) is 11.4 Å². The molecule has 29 heavy (non-hydrogen) atoms. The van der Waals surface area contributed by atoms with Crippen molar-refractivity contribution in [2.45, 2.75) is 20.5 Å². The molecule has 3 rings (SSSR count). The largest absolute Gasteiger partial charge is 0.490 e. The van der Waals surface area contributed by atoms with E-state index >= 15 is 0 Å². The van der Waals surface area contributed by atoms with Gasteiger partial charge in [0.25, 0.3) is 5.91 Å². The van der Waals surface area contributed by atoms with Crippen LogP contribution in [0.25, 0.3) is 6.08 Å². The average molecular weight is 431 g/mol. The van der Waals surface area contributed by atoms with Gasteiger partial charge in [0.15, 0.2) is 16.6 Å². The van der Waals surface area contributed by atoms with Crippen LogP contribution >= 0.6 is 23.8 Å². The van der Waals surface area contributed by atoms with Gasteiger partial charge in [-0.05, 0) is 67.5 Å². The Kier molecular flexibility index (Phi) is 6.77. The maximum atomic E-state index is 12.6. The third-order valence-corrected chi connectivity index (χ3v) is 5.24. The van der Waals surface area contributed by atoms with E-state index in [0.717, 1.165) is 11.1 Å². The predicted molar refractivity (Wildman–Crippen MR) is 119 cm³/mol. The van der Waals surface area contributed by atoms with Gasteiger partial charge in [-0.3, -0.25) is 9.69 Å². The van der Waals surface area contributed by atoms with Crippen LogP contribution in [0.3, 0.4) is 0 Å². The molecule has 7 heteroatoms. The Bertz CT molecular complexity index is 961. The third-order valence-electron chi connectivity index (χ3n) is 4.51. The van der Waals surface area contributed by atoms with Crippen molar-refractivity contribution in [1.82, 2.24) is 9.80 Å². The van der Waals surface area contributed by atoms with Gasteiger partial charge < -0.3 is 14.4 Å². The van der Waals surface area contributed by atoms with Crippen molar-refractivity contribution in [3.63, 3.8) is 0 Å². The van der Waals surface area contributed by atoms with Crippen LogP contribution < -0.4 is 9.47 Å². The van der Waals surface area contributed by atoms with E-state index in [-0.39, 0.29) is 5.91 Å². The number of carbonyl (C=O) groups excluding carboxylic acids is 1. The number of rotatable bonds is 7. The molecule has 0 radical (unpaired) electrons. The molecule has 0 spiro atoms. The minimum absolute atomic E-state index is 0.0979. The van der Waals surface area contributed by atoms with Crippen LogP contribution in [0.5, 0.6) is 11.5 Å². The summed E-state index contributed by atoms with van der Waals surface area (Å²) in [5, 5.41) is 1.18. The number of ether oxygens (including phenoxy) is 2. The Morgan fingerprint density at radius 2 is 1.90 bits per heavy atom. The van der Waals surface area contributed by atoms with Crippen LogP contribution in [0.2, 0.25) is 5.02 Å². The van der Waals surface area contributed by atoms with Gasteiger partial charge in [-0.25, -0.2) is 0 Å². The zero-order chi connectivity index (χ0) is 21.0. The summed E-state index contributed by atoms with van der Waals surface area (Å²) in [5.74, 6) is 1.15. The van der Waals surface area contributed by atoms with Crippen molar-refractivity contribution < 1.29 is 14.3 Å². The molecule has 1 fully saturated rings. The lowest BCUT2D eigenvalue weighted by Crippen LogP contribution is -2.30. The fourth-order valence-electron chi connectivity index (χ4n) is 3.04. The van der Waals surface area contributed by atoms with Crippen molar-refractivity contribution >= 4 is 40.9 Å². The van der Waals surface area contributed by atoms with Crippen LogP contribution in [0.4, 0.5) is 0 Å². The first-order chi connectivity index (χ1) is 13.9. The Morgan fingerprint density at radius 3 is 2.55 bits per heavy atom. The van der Waals surface area contributed by atoms with E-state index in [1.165, 1.54) is 0 Å². The lowest BCUT2D eigenvalue weighted by Gasteiger charge is -2.14. The summed E-state index contributed by atoms with van der Waals surface area (Å²) in [6, 6.07) is 13.1. The van der Waals surface area contributed by atoms with E-state index in [0.29, 0.717) is 47.1 Å². The van der Waals surface area contributed by atoms with Gasteiger partial charge >= 0.3 is 0 Å². The molecule has 1 aliphatic rings. The fourth-order valence-corrected chi connectivity index (χ4v) is 3.56. The third kappa shape index (κ3) is 4.71. The first-order valence-corrected chi connectivity index (χ1v) is 10.2. The summed E-state index contributed by atoms with van der Waals surface area (Å²) in [7, 11) is 1.80. The van der Waals surface area contributed by atoms with Crippen molar-refractivity contribution in [2.24, 2.45) is 0 Å². The first kappa shape index (κ1) is 21.1. The van der Waals surface area contributed by atoms with Crippen LogP contribution in [-0.4, -0.2) is 41.0 Å². The highest BCUT2D eigenvalue weighted by atomic mass is 35.5. The summed E-state index contributed by atoms with van der Waals surface area (Å²) in [6.07, 6.45) is 1.81. The highest BCUT2D eigenvalue weighted by Gasteiger charge is 2.34. The molecule has 2 aromatic carbocycles. The predicted octanol–water partition coefficient (Wildman–Crippen LogP) is 4.74. The number of halogens is 1. The second-order valence-corrected chi connectivity index (χ2v) is 7.28. The highest BCUT2D eigenvalue weighted by molar-refractivity contribution is 7.80. The standard InChI is InChI=1S/C22H23ClN2O3S/c1-4-25-21(26)18(24(3)22(25)29)12-15-9-10-19(20(13-15)27-5-2)28-14-16-7-6-8-17(23)11-16/h6-13H,4-5,14H2,1-3H3/b18-12-. The maximum Gasteiger partial charge on any atom is 0.276 e. The van der Waals surface area contributed by atoms with E-state index in [1.54, 1.807) is 16.8 Å². The normalized spacial score (nSPS) is 15.4. The number of benzene rings is 2. The smallest absolute Gasteiger partial charge is 0.276 e. The Balaban J connectivity index is 1.84. The van der Waals surface area contributed by atoms with Gasteiger partial charge in [-0.2, -0.15) is 0 Å². The molecule has 0 N–H and O–H groups in total. The van der Waals surface area contributed by atoms with E-state index in [2.05, 4.69) is 0 Å². The lowest BCUT2D eigenvalue weighted by atomic mass is 10.1. The summed E-state index contributed by atoms with van der Waals surface area (Å²) >= 11 is 11.4. The Morgan fingerprint density at radius 1 is 1.10 bits per heavy atom. The van der Waals surface area contributed by atoms with Crippen LogP contribution in [0.15, 0.2) is 48.2 Å². The van der Waals surface area contributed by atoms with Crippen LogP contribution in [0, 0.1) is 0 Å². The minimum Gasteiger partial charge on any atom is -0.490 e. The number of nitrogens with zero attached hydrogens (tertiary/aromatic N) is 2. The molecule has 0 aliphatic carbocycles. The fraction of sp³-hybridized carbons (Fsp3) is 0.273. The first-order valence-electron chi connectivity index (χ1n) is 9.40. The molecular formula is C22H23ClN2O3S. The molecule has 1 saturated heterocycles. The summed E-state index contributed by atoms with van der Waals surface area (Å²) < 4.78 is 11.7. The second kappa shape index (κ2) is 9.29. The lowest BCUT2D eigenvalue weighted by molar-refractivity contribution is -0.122. The number of amides is 1. The van der Waals surface area contributed by atoms with Gasteiger partial charge in [-0.1, -0.05) is 29.8 Å². The van der Waals surface area contributed by atoms with E-state index in [4.69, 9.17) is 33.3 Å². The van der Waals surface area contributed by atoms with Crippen molar-refractivity contribution in [2.75, 3.05) is 20.2 Å². The number of carbonyl (C=O) groups is 1. The molecular weight excluding hydrogens is 408 g/mol. The van der Waals surface area contributed by atoms with Gasteiger partial charge in [0.1, 0.15) is 12.3 Å². The number of hydrogen-bond acceptors (Lipinski definition) is 4. The topological polar surface area (TPSA) is 42.0 Å². The summed E-state index contributed by atoms with van der Waals surface area (Å²) in [6.45, 7) is 5.24. The monoisotopic (exact) mass is 430 g/mol. The molecule has 5 nitrogen and oxygen atoms in total. The molecule has 0 unspecified atom stereocenters. The Labute approximate surface area is 181 Å². The minimum atomic E-state index is -0.0979. The summed E-state index contributed by atoms with van der Waals surface area (Å²) in [5.41, 5.74) is 2.34. The van der Waals surface area contributed by atoms with E-state index < -0.39 is 0 Å². The van der Waals surface area contributed by atoms with Crippen LogP contribution in [0.1, 0.15) is 25.0 Å². The van der Waals surface area contributed by atoms with Gasteiger partial charge in [0.2, 0.25) is 0 Å². The molecule has 1 aliphatic heterocycles. The molecule has 0 bridgehead atoms. The van der Waals surface area contributed by atoms with Gasteiger partial charge in [0.05, 0.1) is 6.61 Å². The van der Waals surface area contributed by atoms with Gasteiger partial charge in [-0.15, -0.1) is 0 Å². The zero-order valence-electron chi connectivity index (χ0n) is 16.6. The highest BCUT2D eigenvalue weighted by Crippen LogP contribution is 2.31. The molecule has 0 atom stereocenters. The van der Waals surface area contributed by atoms with Crippen molar-refractivity contribution in [3.8, 4) is 11.5 Å². The van der Waals surface area contributed by atoms with E-state index in [1.807, 2.05) is 62.4 Å². The second-order valence-electron chi connectivity index (χ2n) is 6.48. The molecule has 1 amide bonds. The maximum absolute atomic E-state index is 12.6. The van der Waals surface area contributed by atoms with Crippen molar-refractivity contribution in [1.29, 1.82) is 0 Å². The quantitative estimate of drug-likeness (QED) is 0.469. The SMILES string of the molecule is CCOc1cc(/C=C2/C(=O)N(CC)C(=S)N2C)ccc1OCc1cccc(Cl)c1. The molecule has 0 aromatic heterocycles. The molecule has 2 aromatic rings. The van der Waals surface area contributed by atoms with E-state index in [9.17, 15) is 4.79 Å². The number of likely N-dealkylation sites (N-methyl/N-ethyl adjacent to an activating group) is 2. The van der Waals surface area contributed by atoms with Gasteiger partial charge in [0, 0.05) is 18.6 Å². The average Bonchev–Trinajstić information content (AvgIpc) is 2.90. The number of thiocarbonyl (C=S) groups is 1. The molecule has 0 saturated carbocycles. The molecule has 152 valence electrons. The molecule has 1 heterocycles. The number of hydrogen-bond donors (Lipinski definition) is 0. The zero-order valence-corrected chi connectivity index (χ0v) is 18.2. The summed E-state index contributed by atoms with van der Waals surface area (Å²) in [4.78, 5) is 15.9.